The van der Waals surface area contributed by atoms with Crippen molar-refractivity contribution in [3.8, 4) is 0 Å². The molecule has 0 amide bonds. The first-order valence-corrected chi connectivity index (χ1v) is 7.53. The van der Waals surface area contributed by atoms with Crippen LogP contribution in [-0.4, -0.2) is 13.2 Å². The van der Waals surface area contributed by atoms with Crippen LogP contribution in [-0.2, 0) is 4.74 Å². The topological polar surface area (TPSA) is 35.2 Å². The molecule has 1 fully saturated rings. The van der Waals surface area contributed by atoms with Gasteiger partial charge in [-0.3, -0.25) is 0 Å². The van der Waals surface area contributed by atoms with Crippen LogP contribution < -0.4 is 5.73 Å². The van der Waals surface area contributed by atoms with E-state index in [1.165, 1.54) is 5.56 Å². The van der Waals surface area contributed by atoms with Crippen molar-refractivity contribution in [2.75, 3.05) is 13.2 Å². The van der Waals surface area contributed by atoms with Crippen LogP contribution in [0.25, 0.3) is 0 Å². The Hall–Kier alpha value is 0.1000. The molecule has 1 atom stereocenters. The molecule has 4 heteroatoms. The van der Waals surface area contributed by atoms with Crippen molar-refractivity contribution in [1.82, 2.24) is 0 Å². The maximum atomic E-state index is 6.30. The molecule has 1 aromatic rings. The smallest absolute Gasteiger partial charge is 0.0468 e. The minimum atomic E-state index is 0.102. The molecule has 1 saturated heterocycles. The van der Waals surface area contributed by atoms with Gasteiger partial charge in [0.2, 0.25) is 0 Å². The second-order valence-electron chi connectivity index (χ2n) is 4.56. The summed E-state index contributed by atoms with van der Waals surface area (Å²) in [4.78, 5) is 0. The van der Waals surface area contributed by atoms with E-state index >= 15 is 0 Å². The van der Waals surface area contributed by atoms with E-state index in [1.807, 2.05) is 12.1 Å². The molecule has 1 aromatic carbocycles. The molecule has 1 aliphatic rings. The summed E-state index contributed by atoms with van der Waals surface area (Å²) < 4.78 is 7.55. The maximum Gasteiger partial charge on any atom is 0.0468 e. The summed E-state index contributed by atoms with van der Waals surface area (Å²) in [6.07, 6.45) is 3.32. The Bertz CT molecular complexity index is 378. The molecular weight excluding hydrogens is 346 g/mol. The predicted molar refractivity (Wildman–Crippen MR) is 76.9 cm³/mol. The normalized spacial score (nSPS) is 19.2. The van der Waals surface area contributed by atoms with Gasteiger partial charge in [0.25, 0.3) is 0 Å². The van der Waals surface area contributed by atoms with E-state index in [4.69, 9.17) is 10.5 Å². The average Bonchev–Trinajstić information content (AvgIpc) is 2.33. The molecule has 0 aliphatic carbocycles. The number of benzene rings is 1. The molecule has 2 rings (SSSR count). The van der Waals surface area contributed by atoms with Gasteiger partial charge >= 0.3 is 0 Å². The Morgan fingerprint density at radius 3 is 2.71 bits per heavy atom. The lowest BCUT2D eigenvalue weighted by atomic mass is 9.90. The molecule has 17 heavy (non-hydrogen) atoms. The van der Waals surface area contributed by atoms with Crippen molar-refractivity contribution >= 4 is 31.9 Å². The average molecular weight is 363 g/mol. The number of ether oxygens (including phenoxy) is 1. The van der Waals surface area contributed by atoms with E-state index in [-0.39, 0.29) is 6.04 Å². The van der Waals surface area contributed by atoms with E-state index in [2.05, 4.69) is 37.9 Å². The summed E-state index contributed by atoms with van der Waals surface area (Å²) in [6.45, 7) is 1.77. The van der Waals surface area contributed by atoms with Crippen molar-refractivity contribution in [3.63, 3.8) is 0 Å². The molecule has 2 N–H and O–H groups in total. The standard InChI is InChI=1S/C13H17Br2NO/c14-10-1-2-12(15)11(8-10)13(16)7-9-3-5-17-6-4-9/h1-2,8-9,13H,3-7,16H2. The molecule has 0 bridgehead atoms. The number of halogens is 2. The summed E-state index contributed by atoms with van der Waals surface area (Å²) in [7, 11) is 0. The number of rotatable bonds is 3. The van der Waals surface area contributed by atoms with Crippen LogP contribution in [0.15, 0.2) is 27.1 Å². The molecule has 2 nitrogen and oxygen atoms in total. The number of nitrogens with two attached hydrogens (primary N) is 1. The van der Waals surface area contributed by atoms with Crippen molar-refractivity contribution in [1.29, 1.82) is 0 Å². The van der Waals surface area contributed by atoms with Crippen molar-refractivity contribution in [2.45, 2.75) is 25.3 Å². The molecule has 0 radical (unpaired) electrons. The van der Waals surface area contributed by atoms with Gasteiger partial charge in [0.1, 0.15) is 0 Å². The molecule has 1 heterocycles. The van der Waals surface area contributed by atoms with Gasteiger partial charge in [0.15, 0.2) is 0 Å². The van der Waals surface area contributed by atoms with Crippen LogP contribution in [0.4, 0.5) is 0 Å². The minimum absolute atomic E-state index is 0.102. The van der Waals surface area contributed by atoms with E-state index < -0.39 is 0 Å². The van der Waals surface area contributed by atoms with Crippen LogP contribution in [0, 0.1) is 5.92 Å². The third-order valence-corrected chi connectivity index (χ3v) is 4.50. The molecule has 0 aromatic heterocycles. The fourth-order valence-corrected chi connectivity index (χ4v) is 3.19. The first-order valence-electron chi connectivity index (χ1n) is 5.95. The number of hydrogen-bond donors (Lipinski definition) is 1. The van der Waals surface area contributed by atoms with Gasteiger partial charge in [-0.1, -0.05) is 31.9 Å². The molecule has 0 spiro atoms. The SMILES string of the molecule is NC(CC1CCOCC1)c1cc(Br)ccc1Br. The third kappa shape index (κ3) is 3.78. The van der Waals surface area contributed by atoms with Crippen molar-refractivity contribution < 1.29 is 4.74 Å². The van der Waals surface area contributed by atoms with E-state index in [0.29, 0.717) is 5.92 Å². The van der Waals surface area contributed by atoms with Crippen LogP contribution in [0.2, 0.25) is 0 Å². The highest BCUT2D eigenvalue weighted by Gasteiger charge is 2.19. The fraction of sp³-hybridized carbons (Fsp3) is 0.538. The van der Waals surface area contributed by atoms with E-state index in [0.717, 1.165) is 41.4 Å². The van der Waals surface area contributed by atoms with Gasteiger partial charge in [-0.2, -0.15) is 0 Å². The zero-order valence-electron chi connectivity index (χ0n) is 9.66. The van der Waals surface area contributed by atoms with Gasteiger partial charge in [-0.25, -0.2) is 0 Å². The third-order valence-electron chi connectivity index (χ3n) is 3.29. The molecule has 0 saturated carbocycles. The summed E-state index contributed by atoms with van der Waals surface area (Å²) >= 11 is 7.06. The van der Waals surface area contributed by atoms with E-state index in [9.17, 15) is 0 Å². The Kier molecular flexibility index (Phi) is 5.03. The van der Waals surface area contributed by atoms with Gasteiger partial charge in [-0.15, -0.1) is 0 Å². The van der Waals surface area contributed by atoms with Gasteiger partial charge in [0, 0.05) is 28.2 Å². The minimum Gasteiger partial charge on any atom is -0.381 e. The molecule has 1 unspecified atom stereocenters. The van der Waals surface area contributed by atoms with Crippen molar-refractivity contribution in [3.05, 3.63) is 32.7 Å². The van der Waals surface area contributed by atoms with Gasteiger partial charge in [-0.05, 0) is 48.9 Å². The lowest BCUT2D eigenvalue weighted by Gasteiger charge is -2.25. The quantitative estimate of drug-likeness (QED) is 0.880. The first-order chi connectivity index (χ1) is 8.16. The number of hydrogen-bond acceptors (Lipinski definition) is 2. The largest absolute Gasteiger partial charge is 0.381 e. The lowest BCUT2D eigenvalue weighted by molar-refractivity contribution is 0.0618. The van der Waals surface area contributed by atoms with Gasteiger partial charge in [0.05, 0.1) is 0 Å². The van der Waals surface area contributed by atoms with Crippen LogP contribution >= 0.6 is 31.9 Å². The summed E-state index contributed by atoms with van der Waals surface area (Å²) in [5, 5.41) is 0. The van der Waals surface area contributed by atoms with Crippen LogP contribution in [0.5, 0.6) is 0 Å². The Balaban J connectivity index is 2.02. The predicted octanol–water partition coefficient (Wildman–Crippen LogP) is 4.03. The highest BCUT2D eigenvalue weighted by molar-refractivity contribution is 9.11. The lowest BCUT2D eigenvalue weighted by Crippen LogP contribution is -2.21. The summed E-state index contributed by atoms with van der Waals surface area (Å²) in [5.74, 6) is 0.699. The molecule has 94 valence electrons. The Morgan fingerprint density at radius 1 is 1.29 bits per heavy atom. The highest BCUT2D eigenvalue weighted by Crippen LogP contribution is 2.31. The van der Waals surface area contributed by atoms with Gasteiger partial charge < -0.3 is 10.5 Å². The second kappa shape index (κ2) is 6.32. The molecule has 1 aliphatic heterocycles. The zero-order valence-corrected chi connectivity index (χ0v) is 12.8. The Morgan fingerprint density at radius 2 is 2.00 bits per heavy atom. The fourth-order valence-electron chi connectivity index (χ4n) is 2.27. The Labute approximate surface area is 119 Å². The monoisotopic (exact) mass is 361 g/mol. The molecular formula is C13H17Br2NO. The van der Waals surface area contributed by atoms with Crippen molar-refractivity contribution in [2.24, 2.45) is 11.7 Å². The zero-order chi connectivity index (χ0) is 12.3. The van der Waals surface area contributed by atoms with E-state index in [1.54, 1.807) is 0 Å². The van der Waals surface area contributed by atoms with Crippen LogP contribution in [0.1, 0.15) is 30.9 Å². The highest BCUT2D eigenvalue weighted by atomic mass is 79.9. The summed E-state index contributed by atoms with van der Waals surface area (Å²) in [6, 6.07) is 6.27. The first kappa shape index (κ1) is 13.5. The summed E-state index contributed by atoms with van der Waals surface area (Å²) in [5.41, 5.74) is 7.49. The second-order valence-corrected chi connectivity index (χ2v) is 6.33. The maximum absolute atomic E-state index is 6.30. The van der Waals surface area contributed by atoms with Crippen LogP contribution in [0.3, 0.4) is 0 Å².